The number of carbonyl (C=O) groups is 2. The van der Waals surface area contributed by atoms with E-state index in [1.165, 1.54) is 5.56 Å². The zero-order valence-electron chi connectivity index (χ0n) is 16.2. The number of likely N-dealkylation sites (tertiary alicyclic amines) is 1. The number of piperidine rings is 1. The summed E-state index contributed by atoms with van der Waals surface area (Å²) in [5, 5.41) is 3.22. The van der Waals surface area contributed by atoms with Crippen LogP contribution in [0.2, 0.25) is 0 Å². The van der Waals surface area contributed by atoms with E-state index < -0.39 is 0 Å². The van der Waals surface area contributed by atoms with Gasteiger partial charge in [-0.15, -0.1) is 0 Å². The molecule has 0 aromatic heterocycles. The van der Waals surface area contributed by atoms with Crippen molar-refractivity contribution in [3.8, 4) is 0 Å². The Kier molecular flexibility index (Phi) is 5.22. The quantitative estimate of drug-likeness (QED) is 0.886. The number of ether oxygens (including phenoxy) is 1. The number of rotatable bonds is 4. The first kappa shape index (κ1) is 18.5. The third kappa shape index (κ3) is 4.52. The average molecular weight is 370 g/mol. The Morgan fingerprint density at radius 2 is 1.85 bits per heavy atom. The lowest BCUT2D eigenvalue weighted by Crippen LogP contribution is -2.54. The highest BCUT2D eigenvalue weighted by Gasteiger charge is 2.42. The van der Waals surface area contributed by atoms with Gasteiger partial charge in [-0.05, 0) is 51.0 Å². The molecule has 0 bridgehead atoms. The van der Waals surface area contributed by atoms with Gasteiger partial charge in [0.2, 0.25) is 11.8 Å². The molecule has 146 valence electrons. The van der Waals surface area contributed by atoms with Crippen LogP contribution in [0, 0.1) is 12.8 Å². The summed E-state index contributed by atoms with van der Waals surface area (Å²) >= 11 is 0. The van der Waals surface area contributed by atoms with Gasteiger partial charge < -0.3 is 15.0 Å². The normalized spacial score (nSPS) is 24.6. The van der Waals surface area contributed by atoms with Crippen LogP contribution in [0.4, 0.5) is 0 Å². The molecule has 27 heavy (non-hydrogen) atoms. The summed E-state index contributed by atoms with van der Waals surface area (Å²) < 4.78 is 6.16. The van der Waals surface area contributed by atoms with Gasteiger partial charge in [-0.3, -0.25) is 9.59 Å². The molecule has 1 atom stereocenters. The third-order valence-corrected chi connectivity index (χ3v) is 6.29. The topological polar surface area (TPSA) is 58.6 Å². The molecule has 4 rings (SSSR count). The molecule has 1 saturated carbocycles. The predicted octanol–water partition coefficient (Wildman–Crippen LogP) is 2.60. The van der Waals surface area contributed by atoms with Gasteiger partial charge >= 0.3 is 0 Å². The number of benzene rings is 1. The van der Waals surface area contributed by atoms with Crippen LogP contribution in [0.3, 0.4) is 0 Å². The average Bonchev–Trinajstić information content (AvgIpc) is 3.50. The fraction of sp³-hybridized carbons (Fsp3) is 0.636. The molecule has 5 heteroatoms. The van der Waals surface area contributed by atoms with Crippen molar-refractivity contribution >= 4 is 11.8 Å². The standard InChI is InChI=1S/C22H30N2O3/c1-16-2-4-17(5-3-16)14-20(25)24-11-9-22(10-12-24)15-19(8-13-27-22)23-21(26)18-6-7-18/h2-5,18-19H,6-15H2,1H3,(H,23,26)/t19-/m1/s1. The van der Waals surface area contributed by atoms with Gasteiger partial charge in [0.05, 0.1) is 12.0 Å². The van der Waals surface area contributed by atoms with Crippen molar-refractivity contribution in [2.24, 2.45) is 5.92 Å². The van der Waals surface area contributed by atoms with E-state index in [-0.39, 0.29) is 29.4 Å². The van der Waals surface area contributed by atoms with Gasteiger partial charge in [0.1, 0.15) is 0 Å². The molecule has 3 aliphatic rings. The van der Waals surface area contributed by atoms with Crippen LogP contribution in [0.15, 0.2) is 24.3 Å². The van der Waals surface area contributed by atoms with Crippen molar-refractivity contribution in [3.05, 3.63) is 35.4 Å². The summed E-state index contributed by atoms with van der Waals surface area (Å²) in [6, 6.07) is 8.41. The van der Waals surface area contributed by atoms with Gasteiger partial charge in [-0.1, -0.05) is 29.8 Å². The van der Waals surface area contributed by atoms with E-state index in [9.17, 15) is 9.59 Å². The van der Waals surface area contributed by atoms with Crippen molar-refractivity contribution in [1.29, 1.82) is 0 Å². The molecule has 2 saturated heterocycles. The van der Waals surface area contributed by atoms with E-state index in [1.807, 2.05) is 17.0 Å². The fourth-order valence-electron chi connectivity index (χ4n) is 4.32. The molecule has 1 spiro atoms. The Hall–Kier alpha value is -1.88. The van der Waals surface area contributed by atoms with E-state index in [0.717, 1.165) is 57.2 Å². The minimum absolute atomic E-state index is 0.166. The molecule has 0 radical (unpaired) electrons. The fourth-order valence-corrected chi connectivity index (χ4v) is 4.32. The Bertz CT molecular complexity index is 688. The second-order valence-electron chi connectivity index (χ2n) is 8.55. The second kappa shape index (κ2) is 7.63. The Morgan fingerprint density at radius 3 is 2.52 bits per heavy atom. The minimum Gasteiger partial charge on any atom is -0.375 e. The van der Waals surface area contributed by atoms with Gasteiger partial charge in [-0.25, -0.2) is 0 Å². The molecular weight excluding hydrogens is 340 g/mol. The van der Waals surface area contributed by atoms with Crippen molar-refractivity contribution in [1.82, 2.24) is 10.2 Å². The first-order chi connectivity index (χ1) is 13.0. The monoisotopic (exact) mass is 370 g/mol. The number of hydrogen-bond acceptors (Lipinski definition) is 3. The molecule has 2 heterocycles. The number of nitrogens with zero attached hydrogens (tertiary/aromatic N) is 1. The molecule has 0 unspecified atom stereocenters. The molecule has 2 aliphatic heterocycles. The second-order valence-corrected chi connectivity index (χ2v) is 8.55. The van der Waals surface area contributed by atoms with Crippen molar-refractivity contribution < 1.29 is 14.3 Å². The van der Waals surface area contributed by atoms with Gasteiger partial charge in [0.25, 0.3) is 0 Å². The number of aryl methyl sites for hydroxylation is 1. The minimum atomic E-state index is -0.166. The molecular formula is C22H30N2O3. The van der Waals surface area contributed by atoms with Crippen molar-refractivity contribution in [2.75, 3.05) is 19.7 Å². The van der Waals surface area contributed by atoms with Crippen LogP contribution in [-0.4, -0.2) is 48.1 Å². The SMILES string of the molecule is Cc1ccc(CC(=O)N2CCC3(CC2)C[C@H](NC(=O)C2CC2)CCO3)cc1. The zero-order chi connectivity index (χ0) is 18.9. The Labute approximate surface area is 161 Å². The molecule has 5 nitrogen and oxygen atoms in total. The first-order valence-electron chi connectivity index (χ1n) is 10.3. The Morgan fingerprint density at radius 1 is 1.15 bits per heavy atom. The smallest absolute Gasteiger partial charge is 0.226 e. The third-order valence-electron chi connectivity index (χ3n) is 6.29. The zero-order valence-corrected chi connectivity index (χ0v) is 16.2. The largest absolute Gasteiger partial charge is 0.375 e. The van der Waals surface area contributed by atoms with Crippen LogP contribution in [0.25, 0.3) is 0 Å². The van der Waals surface area contributed by atoms with E-state index in [2.05, 4.69) is 24.4 Å². The Balaban J connectivity index is 1.28. The molecule has 1 aromatic rings. The molecule has 2 amide bonds. The van der Waals surface area contributed by atoms with E-state index in [0.29, 0.717) is 13.0 Å². The summed E-state index contributed by atoms with van der Waals surface area (Å²) in [5.41, 5.74) is 2.12. The van der Waals surface area contributed by atoms with E-state index in [1.54, 1.807) is 0 Å². The van der Waals surface area contributed by atoms with Crippen LogP contribution in [0.5, 0.6) is 0 Å². The van der Waals surface area contributed by atoms with E-state index in [4.69, 9.17) is 4.74 Å². The maximum atomic E-state index is 12.6. The summed E-state index contributed by atoms with van der Waals surface area (Å²) in [4.78, 5) is 26.7. The van der Waals surface area contributed by atoms with Crippen LogP contribution >= 0.6 is 0 Å². The lowest BCUT2D eigenvalue weighted by molar-refractivity contribution is -0.145. The molecule has 1 aliphatic carbocycles. The van der Waals surface area contributed by atoms with Gasteiger partial charge in [0, 0.05) is 31.7 Å². The highest BCUT2D eigenvalue weighted by Crippen LogP contribution is 2.36. The van der Waals surface area contributed by atoms with Crippen LogP contribution < -0.4 is 5.32 Å². The maximum Gasteiger partial charge on any atom is 0.226 e. The number of amides is 2. The first-order valence-corrected chi connectivity index (χ1v) is 10.3. The summed E-state index contributed by atoms with van der Waals surface area (Å²) in [6.45, 7) is 4.25. The molecule has 3 fully saturated rings. The van der Waals surface area contributed by atoms with Crippen molar-refractivity contribution in [3.63, 3.8) is 0 Å². The highest BCUT2D eigenvalue weighted by molar-refractivity contribution is 5.81. The summed E-state index contributed by atoms with van der Waals surface area (Å²) in [7, 11) is 0. The maximum absolute atomic E-state index is 12.6. The lowest BCUT2D eigenvalue weighted by atomic mass is 9.82. The van der Waals surface area contributed by atoms with Crippen molar-refractivity contribution in [2.45, 2.75) is 63.5 Å². The highest BCUT2D eigenvalue weighted by atomic mass is 16.5. The van der Waals surface area contributed by atoms with Gasteiger partial charge in [-0.2, -0.15) is 0 Å². The molecule has 1 N–H and O–H groups in total. The van der Waals surface area contributed by atoms with E-state index >= 15 is 0 Å². The number of carbonyl (C=O) groups excluding carboxylic acids is 2. The summed E-state index contributed by atoms with van der Waals surface area (Å²) in [5.74, 6) is 0.677. The molecule has 1 aromatic carbocycles. The lowest BCUT2D eigenvalue weighted by Gasteiger charge is -2.46. The number of hydrogen-bond donors (Lipinski definition) is 1. The van der Waals surface area contributed by atoms with Gasteiger partial charge in [0.15, 0.2) is 0 Å². The number of nitrogens with one attached hydrogen (secondary N) is 1. The van der Waals surface area contributed by atoms with Crippen LogP contribution in [0.1, 0.15) is 49.7 Å². The van der Waals surface area contributed by atoms with Crippen LogP contribution in [-0.2, 0) is 20.7 Å². The summed E-state index contributed by atoms with van der Waals surface area (Å²) in [6.07, 6.45) is 6.05. The predicted molar refractivity (Wildman–Crippen MR) is 103 cm³/mol.